The van der Waals surface area contributed by atoms with Gasteiger partial charge in [-0.05, 0) is 37.0 Å². The minimum absolute atomic E-state index is 0.782. The highest BCUT2D eigenvalue weighted by Gasteiger charge is 2.17. The standard InChI is InChI=1S/C12H14N2O/c1-2-9(3-1)8-15-11-4-5-12-10(6-11)7-13-14-12/h4-7,9H,1-3,8H2,(H,13,14). The first-order valence-corrected chi connectivity index (χ1v) is 5.48. The van der Waals surface area contributed by atoms with Crippen molar-refractivity contribution in [2.24, 2.45) is 5.92 Å². The Morgan fingerprint density at radius 2 is 2.33 bits per heavy atom. The maximum absolute atomic E-state index is 5.75. The molecule has 3 rings (SSSR count). The summed E-state index contributed by atoms with van der Waals surface area (Å²) < 4.78 is 5.75. The van der Waals surface area contributed by atoms with E-state index in [1.807, 2.05) is 24.4 Å². The van der Waals surface area contributed by atoms with Crippen molar-refractivity contribution in [2.45, 2.75) is 19.3 Å². The molecular formula is C12H14N2O. The van der Waals surface area contributed by atoms with Gasteiger partial charge in [-0.3, -0.25) is 5.10 Å². The Hall–Kier alpha value is -1.51. The summed E-state index contributed by atoms with van der Waals surface area (Å²) >= 11 is 0. The Labute approximate surface area is 88.4 Å². The molecule has 15 heavy (non-hydrogen) atoms. The van der Waals surface area contributed by atoms with Gasteiger partial charge in [0.25, 0.3) is 0 Å². The topological polar surface area (TPSA) is 37.9 Å². The van der Waals surface area contributed by atoms with Crippen LogP contribution >= 0.6 is 0 Å². The van der Waals surface area contributed by atoms with E-state index in [9.17, 15) is 0 Å². The Morgan fingerprint density at radius 3 is 3.13 bits per heavy atom. The van der Waals surface area contributed by atoms with Crippen molar-refractivity contribution in [1.29, 1.82) is 0 Å². The second-order valence-electron chi connectivity index (χ2n) is 4.23. The number of hydrogen-bond donors (Lipinski definition) is 1. The molecule has 1 fully saturated rings. The normalized spacial score (nSPS) is 16.5. The smallest absolute Gasteiger partial charge is 0.120 e. The van der Waals surface area contributed by atoms with Gasteiger partial charge in [-0.2, -0.15) is 5.10 Å². The van der Waals surface area contributed by atoms with E-state index in [1.165, 1.54) is 19.3 Å². The fourth-order valence-electron chi connectivity index (χ4n) is 1.88. The number of benzene rings is 1. The van der Waals surface area contributed by atoms with Gasteiger partial charge >= 0.3 is 0 Å². The fraction of sp³-hybridized carbons (Fsp3) is 0.417. The first-order valence-electron chi connectivity index (χ1n) is 5.48. The van der Waals surface area contributed by atoms with Gasteiger partial charge in [0.1, 0.15) is 5.75 Å². The number of rotatable bonds is 3. The van der Waals surface area contributed by atoms with Crippen molar-refractivity contribution in [3.63, 3.8) is 0 Å². The molecule has 0 bridgehead atoms. The number of nitrogens with one attached hydrogen (secondary N) is 1. The summed E-state index contributed by atoms with van der Waals surface area (Å²) in [4.78, 5) is 0. The SMILES string of the molecule is c1cc2[nH]ncc2cc1OCC1CCC1. The van der Waals surface area contributed by atoms with Crippen molar-refractivity contribution in [1.82, 2.24) is 10.2 Å². The molecule has 3 nitrogen and oxygen atoms in total. The molecule has 0 saturated heterocycles. The summed E-state index contributed by atoms with van der Waals surface area (Å²) in [6.07, 6.45) is 5.85. The molecule has 1 N–H and O–H groups in total. The minimum Gasteiger partial charge on any atom is -0.493 e. The van der Waals surface area contributed by atoms with E-state index in [0.29, 0.717) is 0 Å². The molecule has 3 heteroatoms. The maximum Gasteiger partial charge on any atom is 0.120 e. The number of H-pyrrole nitrogens is 1. The van der Waals surface area contributed by atoms with Gasteiger partial charge in [-0.1, -0.05) is 6.42 Å². The molecule has 1 saturated carbocycles. The van der Waals surface area contributed by atoms with Crippen molar-refractivity contribution in [3.05, 3.63) is 24.4 Å². The highest BCUT2D eigenvalue weighted by molar-refractivity contribution is 5.79. The number of hydrogen-bond acceptors (Lipinski definition) is 2. The van der Waals surface area contributed by atoms with Crippen LogP contribution in [0.5, 0.6) is 5.75 Å². The summed E-state index contributed by atoms with van der Waals surface area (Å²) in [6.45, 7) is 0.864. The lowest BCUT2D eigenvalue weighted by Gasteiger charge is -2.25. The number of aromatic amines is 1. The zero-order valence-corrected chi connectivity index (χ0v) is 8.57. The predicted molar refractivity (Wildman–Crippen MR) is 58.9 cm³/mol. The fourth-order valence-corrected chi connectivity index (χ4v) is 1.88. The zero-order valence-electron chi connectivity index (χ0n) is 8.57. The molecule has 1 heterocycles. The predicted octanol–water partition coefficient (Wildman–Crippen LogP) is 2.74. The summed E-state index contributed by atoms with van der Waals surface area (Å²) in [5, 5.41) is 8.02. The average molecular weight is 202 g/mol. The molecule has 0 spiro atoms. The highest BCUT2D eigenvalue weighted by Crippen LogP contribution is 2.27. The van der Waals surface area contributed by atoms with Gasteiger partial charge in [0.15, 0.2) is 0 Å². The van der Waals surface area contributed by atoms with Gasteiger partial charge in [-0.25, -0.2) is 0 Å². The van der Waals surface area contributed by atoms with Gasteiger partial charge in [-0.15, -0.1) is 0 Å². The third kappa shape index (κ3) is 1.69. The molecule has 1 aromatic carbocycles. The van der Waals surface area contributed by atoms with E-state index >= 15 is 0 Å². The average Bonchev–Trinajstić information content (AvgIpc) is 2.62. The van der Waals surface area contributed by atoms with Gasteiger partial charge < -0.3 is 4.74 Å². The second kappa shape index (κ2) is 3.57. The Bertz CT molecular complexity index is 459. The largest absolute Gasteiger partial charge is 0.493 e. The van der Waals surface area contributed by atoms with E-state index in [2.05, 4.69) is 10.2 Å². The third-order valence-corrected chi connectivity index (χ3v) is 3.12. The quantitative estimate of drug-likeness (QED) is 0.831. The Kier molecular flexibility index (Phi) is 2.09. The van der Waals surface area contributed by atoms with Gasteiger partial charge in [0.2, 0.25) is 0 Å². The molecule has 0 radical (unpaired) electrons. The van der Waals surface area contributed by atoms with Crippen molar-refractivity contribution in [2.75, 3.05) is 6.61 Å². The summed E-state index contributed by atoms with van der Waals surface area (Å²) in [7, 11) is 0. The van der Waals surface area contributed by atoms with Crippen LogP contribution in [0.3, 0.4) is 0 Å². The van der Waals surface area contributed by atoms with Crippen LogP contribution < -0.4 is 4.74 Å². The van der Waals surface area contributed by atoms with E-state index < -0.39 is 0 Å². The minimum atomic E-state index is 0.782. The monoisotopic (exact) mass is 202 g/mol. The van der Waals surface area contributed by atoms with Crippen LogP contribution in [0.4, 0.5) is 0 Å². The van der Waals surface area contributed by atoms with Crippen LogP contribution in [0, 0.1) is 5.92 Å². The zero-order chi connectivity index (χ0) is 10.1. The lowest BCUT2D eigenvalue weighted by Crippen LogP contribution is -2.19. The van der Waals surface area contributed by atoms with Crippen LogP contribution in [0.25, 0.3) is 10.9 Å². The molecule has 0 amide bonds. The van der Waals surface area contributed by atoms with Crippen LogP contribution in [-0.2, 0) is 0 Å². The Morgan fingerprint density at radius 1 is 1.40 bits per heavy atom. The van der Waals surface area contributed by atoms with Crippen molar-refractivity contribution >= 4 is 10.9 Å². The lowest BCUT2D eigenvalue weighted by atomic mass is 9.86. The Balaban J connectivity index is 1.72. The van der Waals surface area contributed by atoms with E-state index in [0.717, 1.165) is 29.2 Å². The summed E-state index contributed by atoms with van der Waals surface area (Å²) in [5.74, 6) is 1.74. The number of fused-ring (bicyclic) bond motifs is 1. The molecule has 78 valence electrons. The third-order valence-electron chi connectivity index (χ3n) is 3.12. The summed E-state index contributed by atoms with van der Waals surface area (Å²) in [5.41, 5.74) is 1.06. The molecule has 1 aromatic heterocycles. The molecule has 0 aliphatic heterocycles. The van der Waals surface area contributed by atoms with E-state index in [1.54, 1.807) is 0 Å². The van der Waals surface area contributed by atoms with E-state index in [4.69, 9.17) is 4.74 Å². The van der Waals surface area contributed by atoms with Crippen molar-refractivity contribution < 1.29 is 4.74 Å². The molecule has 2 aromatic rings. The van der Waals surface area contributed by atoms with Crippen LogP contribution in [0.15, 0.2) is 24.4 Å². The van der Waals surface area contributed by atoms with Gasteiger partial charge in [0, 0.05) is 5.39 Å². The molecule has 1 aliphatic carbocycles. The number of ether oxygens (including phenoxy) is 1. The van der Waals surface area contributed by atoms with Crippen LogP contribution in [0.2, 0.25) is 0 Å². The van der Waals surface area contributed by atoms with Crippen molar-refractivity contribution in [3.8, 4) is 5.75 Å². The van der Waals surface area contributed by atoms with Gasteiger partial charge in [0.05, 0.1) is 18.3 Å². The van der Waals surface area contributed by atoms with Crippen LogP contribution in [0.1, 0.15) is 19.3 Å². The molecule has 0 unspecified atom stereocenters. The van der Waals surface area contributed by atoms with Crippen LogP contribution in [-0.4, -0.2) is 16.8 Å². The maximum atomic E-state index is 5.75. The number of aromatic nitrogens is 2. The molecular weight excluding hydrogens is 188 g/mol. The number of nitrogens with zero attached hydrogens (tertiary/aromatic N) is 1. The van der Waals surface area contributed by atoms with E-state index in [-0.39, 0.29) is 0 Å². The lowest BCUT2D eigenvalue weighted by molar-refractivity contribution is 0.181. The molecule has 0 atom stereocenters. The summed E-state index contributed by atoms with van der Waals surface area (Å²) in [6, 6.07) is 6.05. The second-order valence-corrected chi connectivity index (χ2v) is 4.23. The first kappa shape index (κ1) is 8.77. The first-order chi connectivity index (χ1) is 7.42. The highest BCUT2D eigenvalue weighted by atomic mass is 16.5. The molecule has 1 aliphatic rings.